The van der Waals surface area contributed by atoms with Gasteiger partial charge in [-0.1, -0.05) is 11.6 Å². The van der Waals surface area contributed by atoms with Gasteiger partial charge in [0.05, 0.1) is 4.92 Å². The summed E-state index contributed by atoms with van der Waals surface area (Å²) in [4.78, 5) is 9.96. The van der Waals surface area contributed by atoms with Crippen LogP contribution in [0.15, 0.2) is 23.8 Å². The maximum atomic E-state index is 13.4. The largest absolute Gasteiger partial charge is 0.379 e. The fourth-order valence-corrected chi connectivity index (χ4v) is 2.14. The molecule has 1 aliphatic heterocycles. The number of nitrogens with zero attached hydrogens (tertiary/aromatic N) is 1. The maximum absolute atomic E-state index is 13.4. The van der Waals surface area contributed by atoms with Gasteiger partial charge in [-0.05, 0) is 19.4 Å². The molecule has 0 radical (unpaired) electrons. The molecule has 0 spiro atoms. The summed E-state index contributed by atoms with van der Waals surface area (Å²) < 4.78 is 26.5. The third-order valence-corrected chi connectivity index (χ3v) is 3.13. The molecule has 108 valence electrons. The molecule has 2 rings (SSSR count). The Morgan fingerprint density at radius 2 is 2.20 bits per heavy atom. The van der Waals surface area contributed by atoms with Crippen LogP contribution < -0.4 is 10.6 Å². The van der Waals surface area contributed by atoms with Crippen molar-refractivity contribution in [1.82, 2.24) is 5.32 Å². The van der Waals surface area contributed by atoms with Crippen LogP contribution in [0.1, 0.15) is 12.8 Å². The van der Waals surface area contributed by atoms with Crippen molar-refractivity contribution in [1.29, 1.82) is 0 Å². The summed E-state index contributed by atoms with van der Waals surface area (Å²) in [5, 5.41) is 16.7. The predicted molar refractivity (Wildman–Crippen MR) is 71.7 cm³/mol. The van der Waals surface area contributed by atoms with Crippen LogP contribution in [-0.2, 0) is 0 Å². The quantitative estimate of drug-likeness (QED) is 0.495. The highest BCUT2D eigenvalue weighted by Crippen LogP contribution is 2.28. The van der Waals surface area contributed by atoms with Crippen LogP contribution >= 0.6 is 0 Å². The molecular formula is C13H15F2N3O2. The first-order chi connectivity index (χ1) is 9.58. The minimum Gasteiger partial charge on any atom is -0.379 e. The summed E-state index contributed by atoms with van der Waals surface area (Å²) >= 11 is 0. The molecule has 5 nitrogen and oxygen atoms in total. The van der Waals surface area contributed by atoms with E-state index in [0.29, 0.717) is 19.0 Å². The molecule has 0 amide bonds. The maximum Gasteiger partial charge on any atom is 0.327 e. The number of nitro groups is 1. The Labute approximate surface area is 114 Å². The molecule has 0 bridgehead atoms. The number of anilines is 1. The van der Waals surface area contributed by atoms with Crippen molar-refractivity contribution in [2.75, 3.05) is 25.0 Å². The van der Waals surface area contributed by atoms with Gasteiger partial charge in [-0.3, -0.25) is 10.1 Å². The van der Waals surface area contributed by atoms with E-state index in [2.05, 4.69) is 16.7 Å². The molecule has 0 aromatic heterocycles. The Morgan fingerprint density at radius 1 is 1.40 bits per heavy atom. The number of hydrogen-bond donors (Lipinski definition) is 2. The zero-order chi connectivity index (χ0) is 14.5. The third-order valence-electron chi connectivity index (χ3n) is 3.13. The topological polar surface area (TPSA) is 67.2 Å². The van der Waals surface area contributed by atoms with E-state index in [1.54, 1.807) is 0 Å². The van der Waals surface area contributed by atoms with Crippen LogP contribution in [0.4, 0.5) is 20.2 Å². The smallest absolute Gasteiger partial charge is 0.327 e. The standard InChI is InChI=1S/C13H15F2N3O2/c14-10-7-11(15)13(18(19)20)12(8-10)17-6-3-9-1-4-16-5-2-9/h1,7-8,16-17H,2-6H2. The van der Waals surface area contributed by atoms with Crippen LogP contribution in [0.25, 0.3) is 0 Å². The van der Waals surface area contributed by atoms with Gasteiger partial charge in [-0.15, -0.1) is 0 Å². The van der Waals surface area contributed by atoms with E-state index in [1.165, 1.54) is 5.57 Å². The van der Waals surface area contributed by atoms with Crippen molar-refractivity contribution in [3.8, 4) is 0 Å². The van der Waals surface area contributed by atoms with Crippen molar-refractivity contribution < 1.29 is 13.7 Å². The zero-order valence-corrected chi connectivity index (χ0v) is 10.8. The normalized spacial score (nSPS) is 14.8. The van der Waals surface area contributed by atoms with Crippen molar-refractivity contribution >= 4 is 11.4 Å². The van der Waals surface area contributed by atoms with Gasteiger partial charge in [0.25, 0.3) is 0 Å². The lowest BCUT2D eigenvalue weighted by Gasteiger charge is -2.14. The van der Waals surface area contributed by atoms with E-state index in [4.69, 9.17) is 0 Å². The van der Waals surface area contributed by atoms with Crippen molar-refractivity contribution in [2.45, 2.75) is 12.8 Å². The van der Waals surface area contributed by atoms with Crippen LogP contribution in [0, 0.1) is 21.7 Å². The van der Waals surface area contributed by atoms with Gasteiger partial charge >= 0.3 is 5.69 Å². The Hall–Kier alpha value is -2.02. The fourth-order valence-electron chi connectivity index (χ4n) is 2.14. The summed E-state index contributed by atoms with van der Waals surface area (Å²) in [6, 6.07) is 1.46. The number of hydrogen-bond acceptors (Lipinski definition) is 4. The zero-order valence-electron chi connectivity index (χ0n) is 10.8. The highest BCUT2D eigenvalue weighted by molar-refractivity contribution is 5.62. The first-order valence-corrected chi connectivity index (χ1v) is 6.34. The summed E-state index contributed by atoms with van der Waals surface area (Å²) in [6.07, 6.45) is 3.67. The molecular weight excluding hydrogens is 268 g/mol. The van der Waals surface area contributed by atoms with Gasteiger partial charge in [0, 0.05) is 25.2 Å². The molecule has 0 saturated heterocycles. The monoisotopic (exact) mass is 283 g/mol. The summed E-state index contributed by atoms with van der Waals surface area (Å²) in [5.74, 6) is -2.00. The molecule has 0 atom stereocenters. The van der Waals surface area contributed by atoms with Crippen LogP contribution in [-0.4, -0.2) is 24.6 Å². The Balaban J connectivity index is 2.05. The van der Waals surface area contributed by atoms with E-state index in [0.717, 1.165) is 25.6 Å². The van der Waals surface area contributed by atoms with Crippen LogP contribution in [0.2, 0.25) is 0 Å². The molecule has 2 N–H and O–H groups in total. The Morgan fingerprint density at radius 3 is 2.85 bits per heavy atom. The van der Waals surface area contributed by atoms with E-state index in [1.807, 2.05) is 0 Å². The average molecular weight is 283 g/mol. The molecule has 1 aromatic carbocycles. The summed E-state index contributed by atoms with van der Waals surface area (Å²) in [7, 11) is 0. The second kappa shape index (κ2) is 6.42. The van der Waals surface area contributed by atoms with E-state index in [-0.39, 0.29) is 5.69 Å². The Bertz CT molecular complexity index is 547. The SMILES string of the molecule is O=[N+]([O-])c1c(F)cc(F)cc1NCCC1=CCNCC1. The van der Waals surface area contributed by atoms with Gasteiger partial charge in [0.1, 0.15) is 11.5 Å². The van der Waals surface area contributed by atoms with Gasteiger partial charge in [0.15, 0.2) is 0 Å². The highest BCUT2D eigenvalue weighted by Gasteiger charge is 2.21. The second-order valence-corrected chi connectivity index (χ2v) is 4.53. The fraction of sp³-hybridized carbons (Fsp3) is 0.385. The van der Waals surface area contributed by atoms with Crippen LogP contribution in [0.5, 0.6) is 0 Å². The molecule has 7 heteroatoms. The van der Waals surface area contributed by atoms with Crippen molar-refractivity contribution in [2.24, 2.45) is 0 Å². The number of rotatable bonds is 5. The molecule has 20 heavy (non-hydrogen) atoms. The van der Waals surface area contributed by atoms with Gasteiger partial charge < -0.3 is 10.6 Å². The Kier molecular flexibility index (Phi) is 4.62. The van der Waals surface area contributed by atoms with Crippen LogP contribution in [0.3, 0.4) is 0 Å². The highest BCUT2D eigenvalue weighted by atomic mass is 19.1. The van der Waals surface area contributed by atoms with Crippen molar-refractivity contribution in [3.05, 3.63) is 45.5 Å². The second-order valence-electron chi connectivity index (χ2n) is 4.53. The van der Waals surface area contributed by atoms with Gasteiger partial charge in [0.2, 0.25) is 5.82 Å². The first kappa shape index (κ1) is 14.4. The molecule has 1 heterocycles. The summed E-state index contributed by atoms with van der Waals surface area (Å²) in [6.45, 7) is 2.11. The first-order valence-electron chi connectivity index (χ1n) is 6.34. The molecule has 0 saturated carbocycles. The minimum atomic E-state index is -1.17. The number of nitro benzene ring substituents is 1. The van der Waals surface area contributed by atoms with Gasteiger partial charge in [-0.2, -0.15) is 4.39 Å². The predicted octanol–water partition coefficient (Wildman–Crippen LogP) is 2.59. The van der Waals surface area contributed by atoms with E-state index in [9.17, 15) is 18.9 Å². The average Bonchev–Trinajstić information content (AvgIpc) is 2.38. The molecule has 0 aliphatic carbocycles. The number of nitrogens with one attached hydrogen (secondary N) is 2. The lowest BCUT2D eigenvalue weighted by Crippen LogP contribution is -2.21. The molecule has 1 aliphatic rings. The molecule has 1 aromatic rings. The van der Waals surface area contributed by atoms with E-state index >= 15 is 0 Å². The van der Waals surface area contributed by atoms with Gasteiger partial charge in [-0.25, -0.2) is 4.39 Å². The summed E-state index contributed by atoms with van der Waals surface area (Å²) in [5.41, 5.74) is 0.392. The third kappa shape index (κ3) is 3.51. The molecule has 0 unspecified atom stereocenters. The number of benzene rings is 1. The van der Waals surface area contributed by atoms with Crippen molar-refractivity contribution in [3.63, 3.8) is 0 Å². The lowest BCUT2D eigenvalue weighted by atomic mass is 10.1. The van der Waals surface area contributed by atoms with E-state index < -0.39 is 22.2 Å². The number of halogens is 2. The lowest BCUT2D eigenvalue weighted by molar-refractivity contribution is -0.386. The minimum absolute atomic E-state index is 0.123. The molecule has 0 fully saturated rings.